The first-order chi connectivity index (χ1) is 13.0. The van der Waals surface area contributed by atoms with Gasteiger partial charge in [0.05, 0.1) is 24.0 Å². The highest BCUT2D eigenvalue weighted by molar-refractivity contribution is 6.33. The number of amides is 1. The minimum atomic E-state index is -0.501. The second-order valence-corrected chi connectivity index (χ2v) is 7.25. The number of anilines is 1. The largest absolute Gasteiger partial charge is 0.444 e. The van der Waals surface area contributed by atoms with Crippen LogP contribution in [0, 0.1) is 5.82 Å². The molecule has 0 bridgehead atoms. The van der Waals surface area contributed by atoms with Gasteiger partial charge in [-0.15, -0.1) is 0 Å². The lowest BCUT2D eigenvalue weighted by Crippen LogP contribution is -2.38. The Kier molecular flexibility index (Phi) is 4.51. The molecule has 142 valence electrons. The van der Waals surface area contributed by atoms with Gasteiger partial charge in [-0.1, -0.05) is 23.7 Å². The van der Waals surface area contributed by atoms with Gasteiger partial charge in [-0.3, -0.25) is 4.79 Å². The Labute approximate surface area is 159 Å². The molecule has 2 heterocycles. The molecular weight excluding hydrogens is 375 g/mol. The third-order valence-electron chi connectivity index (χ3n) is 5.02. The topological polar surface area (TPSA) is 87.3 Å². The van der Waals surface area contributed by atoms with Crippen LogP contribution in [0.1, 0.15) is 24.8 Å². The second-order valence-electron chi connectivity index (χ2n) is 6.87. The highest BCUT2D eigenvalue weighted by Gasteiger charge is 2.46. The number of hydrogen-bond donors (Lipinski definition) is 2. The van der Waals surface area contributed by atoms with Gasteiger partial charge in [0.1, 0.15) is 16.9 Å². The van der Waals surface area contributed by atoms with Crippen molar-refractivity contribution >= 4 is 23.4 Å². The van der Waals surface area contributed by atoms with Gasteiger partial charge in [-0.2, -0.15) is 5.10 Å². The van der Waals surface area contributed by atoms with Gasteiger partial charge in [0, 0.05) is 13.0 Å². The van der Waals surface area contributed by atoms with E-state index in [-0.39, 0.29) is 16.9 Å². The molecule has 7 nitrogen and oxygen atoms in total. The van der Waals surface area contributed by atoms with E-state index in [1.54, 1.807) is 12.1 Å². The molecule has 2 N–H and O–H groups in total. The van der Waals surface area contributed by atoms with Gasteiger partial charge in [-0.05, 0) is 30.5 Å². The Bertz CT molecular complexity index is 914. The van der Waals surface area contributed by atoms with Crippen LogP contribution in [0.3, 0.4) is 0 Å². The summed E-state index contributed by atoms with van der Waals surface area (Å²) in [4.78, 5) is 25.8. The molecule has 2 aliphatic rings. The monoisotopic (exact) mass is 392 g/mol. The van der Waals surface area contributed by atoms with E-state index in [9.17, 15) is 14.0 Å². The third-order valence-corrected chi connectivity index (χ3v) is 5.39. The zero-order valence-corrected chi connectivity index (χ0v) is 15.1. The van der Waals surface area contributed by atoms with E-state index in [0.29, 0.717) is 25.2 Å². The minimum Gasteiger partial charge on any atom is -0.444 e. The second kappa shape index (κ2) is 6.84. The van der Waals surface area contributed by atoms with Crippen molar-refractivity contribution in [1.82, 2.24) is 15.5 Å². The molecule has 1 aromatic heterocycles. The number of aromatic amines is 1. The molecule has 0 radical (unpaired) electrons. The van der Waals surface area contributed by atoms with Crippen molar-refractivity contribution in [2.24, 2.45) is 0 Å². The quantitative estimate of drug-likeness (QED) is 0.835. The van der Waals surface area contributed by atoms with Gasteiger partial charge in [0.2, 0.25) is 0 Å². The molecule has 0 spiro atoms. The number of carbonyl (C=O) groups excluding carboxylic acids is 1. The van der Waals surface area contributed by atoms with Gasteiger partial charge >= 0.3 is 6.09 Å². The average Bonchev–Trinajstić information content (AvgIpc) is 3.27. The van der Waals surface area contributed by atoms with Gasteiger partial charge in [0.25, 0.3) is 5.56 Å². The van der Waals surface area contributed by atoms with E-state index in [0.717, 1.165) is 18.4 Å². The summed E-state index contributed by atoms with van der Waals surface area (Å²) in [5.74, 6) is -0.309. The Morgan fingerprint density at radius 1 is 1.37 bits per heavy atom. The summed E-state index contributed by atoms with van der Waals surface area (Å²) in [6, 6.07) is 6.14. The molecule has 0 unspecified atom stereocenters. The lowest BCUT2D eigenvalue weighted by molar-refractivity contribution is 0.103. The lowest BCUT2D eigenvalue weighted by Gasteiger charge is -2.21. The summed E-state index contributed by atoms with van der Waals surface area (Å²) in [5.41, 5.74) is 0.474. The number of nitrogens with one attached hydrogen (secondary N) is 2. The first kappa shape index (κ1) is 17.8. The number of rotatable bonds is 4. The fourth-order valence-electron chi connectivity index (χ4n) is 3.39. The highest BCUT2D eigenvalue weighted by Crippen LogP contribution is 2.45. The van der Waals surface area contributed by atoms with E-state index in [1.807, 2.05) is 4.90 Å². The van der Waals surface area contributed by atoms with Crippen LogP contribution < -0.4 is 15.8 Å². The number of ether oxygens (including phenoxy) is 1. The number of hydrogen-bond acceptors (Lipinski definition) is 5. The third kappa shape index (κ3) is 3.62. The summed E-state index contributed by atoms with van der Waals surface area (Å²) in [5, 5.41) is 9.02. The zero-order valence-electron chi connectivity index (χ0n) is 14.4. The fourth-order valence-corrected chi connectivity index (χ4v) is 3.60. The molecule has 2 aromatic rings. The average molecular weight is 393 g/mol. The molecule has 1 aliphatic heterocycles. The number of benzene rings is 1. The van der Waals surface area contributed by atoms with E-state index < -0.39 is 17.2 Å². The highest BCUT2D eigenvalue weighted by atomic mass is 35.5. The van der Waals surface area contributed by atoms with Crippen molar-refractivity contribution in [3.8, 4) is 0 Å². The summed E-state index contributed by atoms with van der Waals surface area (Å²) in [7, 11) is 0. The molecular formula is C18H18ClFN4O3. The Hall–Kier alpha value is -2.61. The Morgan fingerprint density at radius 2 is 2.11 bits per heavy atom. The van der Waals surface area contributed by atoms with Crippen LogP contribution in [0.4, 0.5) is 14.9 Å². The number of halogens is 2. The van der Waals surface area contributed by atoms with Crippen LogP contribution >= 0.6 is 11.6 Å². The van der Waals surface area contributed by atoms with Crippen molar-refractivity contribution < 1.29 is 13.9 Å². The summed E-state index contributed by atoms with van der Waals surface area (Å²) in [6.07, 6.45) is 2.88. The summed E-state index contributed by atoms with van der Waals surface area (Å²) < 4.78 is 18.6. The predicted octanol–water partition coefficient (Wildman–Crippen LogP) is 2.56. The molecule has 2 fully saturated rings. The van der Waals surface area contributed by atoms with E-state index in [4.69, 9.17) is 16.3 Å². The van der Waals surface area contributed by atoms with Gasteiger partial charge < -0.3 is 15.0 Å². The number of alkyl carbamates (subject to hydrolysis) is 1. The normalized spacial score (nSPS) is 20.4. The van der Waals surface area contributed by atoms with Crippen molar-refractivity contribution in [1.29, 1.82) is 0 Å². The van der Waals surface area contributed by atoms with Crippen LogP contribution in [-0.4, -0.2) is 35.5 Å². The first-order valence-electron chi connectivity index (χ1n) is 8.70. The predicted molar refractivity (Wildman–Crippen MR) is 97.4 cm³/mol. The van der Waals surface area contributed by atoms with Crippen molar-refractivity contribution in [3.05, 3.63) is 57.2 Å². The number of H-pyrrole nitrogens is 1. The SMILES string of the molecule is O=C(NC1(c2ccc(F)cc2)CC1)O[C@@H]1CCN(c2cn[nH]c(=O)c2Cl)C1. The van der Waals surface area contributed by atoms with Gasteiger partial charge in [-0.25, -0.2) is 14.3 Å². The molecule has 1 aromatic carbocycles. The summed E-state index contributed by atoms with van der Waals surface area (Å²) >= 11 is 6.03. The van der Waals surface area contributed by atoms with Crippen LogP contribution in [0.25, 0.3) is 0 Å². The molecule has 1 saturated heterocycles. The Morgan fingerprint density at radius 3 is 2.81 bits per heavy atom. The molecule has 4 rings (SSSR count). The minimum absolute atomic E-state index is 0.0725. The van der Waals surface area contributed by atoms with E-state index in [2.05, 4.69) is 15.5 Å². The summed E-state index contributed by atoms with van der Waals surface area (Å²) in [6.45, 7) is 1.04. The maximum absolute atomic E-state index is 13.1. The van der Waals surface area contributed by atoms with Crippen LogP contribution in [0.15, 0.2) is 35.3 Å². The van der Waals surface area contributed by atoms with Crippen LogP contribution in [-0.2, 0) is 10.3 Å². The maximum Gasteiger partial charge on any atom is 0.408 e. The molecule has 1 aliphatic carbocycles. The van der Waals surface area contributed by atoms with Crippen molar-refractivity contribution in [2.75, 3.05) is 18.0 Å². The zero-order chi connectivity index (χ0) is 19.0. The van der Waals surface area contributed by atoms with Crippen LogP contribution in [0.2, 0.25) is 5.02 Å². The molecule has 1 saturated carbocycles. The van der Waals surface area contributed by atoms with E-state index >= 15 is 0 Å². The van der Waals surface area contributed by atoms with Crippen molar-refractivity contribution in [3.63, 3.8) is 0 Å². The fraction of sp³-hybridized carbons (Fsp3) is 0.389. The molecule has 1 atom stereocenters. The van der Waals surface area contributed by atoms with Crippen molar-refractivity contribution in [2.45, 2.75) is 30.9 Å². The maximum atomic E-state index is 13.1. The first-order valence-corrected chi connectivity index (χ1v) is 9.08. The van der Waals surface area contributed by atoms with Gasteiger partial charge in [0.15, 0.2) is 0 Å². The molecule has 1 amide bonds. The standard InChI is InChI=1S/C18H18ClFN4O3/c19-15-14(9-21-23-16(15)25)24-8-5-13(10-24)27-17(26)22-18(6-7-18)11-1-3-12(20)4-2-11/h1-4,9,13H,5-8,10H2,(H,22,26)(H,23,25)/t13-/m1/s1. The smallest absolute Gasteiger partial charge is 0.408 e. The molecule has 27 heavy (non-hydrogen) atoms. The molecule has 9 heteroatoms. The lowest BCUT2D eigenvalue weighted by atomic mass is 10.1. The number of carbonyl (C=O) groups is 1. The Balaban J connectivity index is 1.36. The number of aromatic nitrogens is 2. The number of nitrogens with zero attached hydrogens (tertiary/aromatic N) is 2. The van der Waals surface area contributed by atoms with Crippen LogP contribution in [0.5, 0.6) is 0 Å². The van der Waals surface area contributed by atoms with E-state index in [1.165, 1.54) is 18.3 Å².